The van der Waals surface area contributed by atoms with Crippen molar-refractivity contribution in [3.63, 3.8) is 0 Å². The van der Waals surface area contributed by atoms with Crippen LogP contribution in [0, 0.1) is 0 Å². The maximum Gasteiger partial charge on any atom is 0.371 e. The van der Waals surface area contributed by atoms with Crippen molar-refractivity contribution < 1.29 is 19.1 Å². The molecule has 1 N–H and O–H groups in total. The van der Waals surface area contributed by atoms with Crippen LogP contribution in [0.3, 0.4) is 0 Å². The van der Waals surface area contributed by atoms with Crippen molar-refractivity contribution in [2.45, 2.75) is 26.3 Å². The Bertz CT molecular complexity index is 671. The Morgan fingerprint density at radius 3 is 2.86 bits per heavy atom. The van der Waals surface area contributed by atoms with Crippen molar-refractivity contribution >= 4 is 5.97 Å². The lowest BCUT2D eigenvalue weighted by atomic mass is 10.3. The van der Waals surface area contributed by atoms with Gasteiger partial charge in [0.15, 0.2) is 5.75 Å². The van der Waals surface area contributed by atoms with Crippen molar-refractivity contribution in [1.29, 1.82) is 0 Å². The molecule has 0 fully saturated rings. The van der Waals surface area contributed by atoms with Gasteiger partial charge in [0.05, 0.1) is 13.2 Å². The Labute approximate surface area is 121 Å². The van der Waals surface area contributed by atoms with Crippen LogP contribution in [0.5, 0.6) is 5.75 Å². The maximum atomic E-state index is 12.2. The Morgan fingerprint density at radius 1 is 1.38 bits per heavy atom. The predicted molar refractivity (Wildman–Crippen MR) is 75.9 cm³/mol. The van der Waals surface area contributed by atoms with Gasteiger partial charge in [-0.2, -0.15) is 0 Å². The van der Waals surface area contributed by atoms with E-state index in [4.69, 9.17) is 14.3 Å². The molecule has 2 aromatic rings. The van der Waals surface area contributed by atoms with Gasteiger partial charge in [0.25, 0.3) is 5.56 Å². The first-order valence-electron chi connectivity index (χ1n) is 6.76. The number of pyridine rings is 1. The molecule has 0 unspecified atom stereocenters. The topological polar surface area (TPSA) is 81.7 Å². The first-order chi connectivity index (χ1) is 10.1. The Kier molecular flexibility index (Phi) is 4.81. The Balaban J connectivity index is 2.14. The molecule has 0 saturated heterocycles. The zero-order valence-electron chi connectivity index (χ0n) is 11.7. The third kappa shape index (κ3) is 3.75. The quantitative estimate of drug-likeness (QED) is 0.792. The lowest BCUT2D eigenvalue weighted by Gasteiger charge is -2.08. The zero-order chi connectivity index (χ0) is 15.2. The second kappa shape index (κ2) is 6.78. The molecule has 6 heteroatoms. The van der Waals surface area contributed by atoms with Crippen LogP contribution < -0.4 is 10.3 Å². The van der Waals surface area contributed by atoms with Gasteiger partial charge in [-0.05, 0) is 30.7 Å². The van der Waals surface area contributed by atoms with Gasteiger partial charge in [-0.1, -0.05) is 13.3 Å². The smallest absolute Gasteiger partial charge is 0.371 e. The van der Waals surface area contributed by atoms with Crippen molar-refractivity contribution in [1.82, 2.24) is 4.57 Å². The van der Waals surface area contributed by atoms with Crippen molar-refractivity contribution in [2.24, 2.45) is 0 Å². The van der Waals surface area contributed by atoms with Crippen LogP contribution in [0.15, 0.2) is 39.7 Å². The van der Waals surface area contributed by atoms with E-state index in [9.17, 15) is 9.59 Å². The summed E-state index contributed by atoms with van der Waals surface area (Å²) < 4.78 is 12.0. The first-order valence-corrected chi connectivity index (χ1v) is 6.76. The maximum absolute atomic E-state index is 12.2. The Hall–Kier alpha value is -2.50. The summed E-state index contributed by atoms with van der Waals surface area (Å²) in [5.41, 5.74) is -0.262. The lowest BCUT2D eigenvalue weighted by molar-refractivity contribution is 0.0660. The monoisotopic (exact) mass is 291 g/mol. The average Bonchev–Trinajstić information content (AvgIpc) is 2.92. The number of aromatic carboxylic acids is 1. The number of nitrogens with zero attached hydrogens (tertiary/aromatic N) is 1. The van der Waals surface area contributed by atoms with Crippen molar-refractivity contribution in [3.05, 3.63) is 52.3 Å². The van der Waals surface area contributed by atoms with Gasteiger partial charge in [0, 0.05) is 6.20 Å². The number of ether oxygens (including phenoxy) is 1. The number of hydrogen-bond donors (Lipinski definition) is 1. The summed E-state index contributed by atoms with van der Waals surface area (Å²) in [6, 6.07) is 6.24. The summed E-state index contributed by atoms with van der Waals surface area (Å²) in [7, 11) is 0. The molecular formula is C15H17NO5. The molecule has 6 nitrogen and oxygen atoms in total. The van der Waals surface area contributed by atoms with Gasteiger partial charge in [0.1, 0.15) is 5.76 Å². The lowest BCUT2D eigenvalue weighted by Crippen LogP contribution is -2.21. The summed E-state index contributed by atoms with van der Waals surface area (Å²) in [6.07, 6.45) is 3.48. The third-order valence-corrected chi connectivity index (χ3v) is 2.94. The molecule has 0 aliphatic heterocycles. The van der Waals surface area contributed by atoms with Crippen LogP contribution in [0.25, 0.3) is 0 Å². The van der Waals surface area contributed by atoms with E-state index in [2.05, 4.69) is 0 Å². The molecule has 21 heavy (non-hydrogen) atoms. The molecule has 2 aromatic heterocycles. The summed E-state index contributed by atoms with van der Waals surface area (Å²) in [5.74, 6) is -0.588. The normalized spacial score (nSPS) is 10.5. The fourth-order valence-corrected chi connectivity index (χ4v) is 1.82. The van der Waals surface area contributed by atoms with E-state index in [1.165, 1.54) is 10.6 Å². The molecule has 0 aliphatic carbocycles. The molecule has 0 radical (unpaired) electrons. The molecule has 2 heterocycles. The largest absolute Gasteiger partial charge is 0.488 e. The molecule has 0 bridgehead atoms. The fourth-order valence-electron chi connectivity index (χ4n) is 1.82. The van der Waals surface area contributed by atoms with Gasteiger partial charge < -0.3 is 18.8 Å². The van der Waals surface area contributed by atoms with Gasteiger partial charge in [-0.15, -0.1) is 0 Å². The summed E-state index contributed by atoms with van der Waals surface area (Å²) in [4.78, 5) is 22.9. The van der Waals surface area contributed by atoms with E-state index < -0.39 is 5.97 Å². The number of aromatic nitrogens is 1. The molecular weight excluding hydrogens is 274 g/mol. The average molecular weight is 291 g/mol. The van der Waals surface area contributed by atoms with Crippen LogP contribution in [0.4, 0.5) is 0 Å². The second-order valence-corrected chi connectivity index (χ2v) is 4.58. The molecule has 0 amide bonds. The van der Waals surface area contributed by atoms with Crippen LogP contribution in [0.1, 0.15) is 36.1 Å². The molecule has 0 spiro atoms. The third-order valence-electron chi connectivity index (χ3n) is 2.94. The highest BCUT2D eigenvalue weighted by Gasteiger charge is 2.11. The highest BCUT2D eigenvalue weighted by Crippen LogP contribution is 2.10. The molecule has 0 aliphatic rings. The van der Waals surface area contributed by atoms with E-state index in [-0.39, 0.29) is 23.6 Å². The summed E-state index contributed by atoms with van der Waals surface area (Å²) in [5, 5.41) is 8.80. The molecule has 0 aromatic carbocycles. The van der Waals surface area contributed by atoms with Gasteiger partial charge in [-0.3, -0.25) is 4.79 Å². The zero-order valence-corrected chi connectivity index (χ0v) is 11.7. The number of carboxylic acids is 1. The first kappa shape index (κ1) is 14.9. The minimum absolute atomic E-state index is 0.145. The van der Waals surface area contributed by atoms with E-state index in [1.54, 1.807) is 24.4 Å². The van der Waals surface area contributed by atoms with Crippen LogP contribution in [0.2, 0.25) is 0 Å². The molecule has 112 valence electrons. The highest BCUT2D eigenvalue weighted by atomic mass is 16.5. The van der Waals surface area contributed by atoms with Crippen LogP contribution in [-0.4, -0.2) is 22.2 Å². The highest BCUT2D eigenvalue weighted by molar-refractivity contribution is 5.84. The second-order valence-electron chi connectivity index (χ2n) is 4.58. The van der Waals surface area contributed by atoms with Crippen LogP contribution >= 0.6 is 0 Å². The fraction of sp³-hybridized carbons (Fsp3) is 0.333. The standard InChI is InChI=1S/C15H17NO5/c1-2-3-9-20-12-5-4-8-16(14(12)17)10-11-6-7-13(21-11)15(18)19/h4-8H,2-3,9-10H2,1H3,(H,18,19). The van der Waals surface area contributed by atoms with E-state index >= 15 is 0 Å². The summed E-state index contributed by atoms with van der Waals surface area (Å²) >= 11 is 0. The number of rotatable bonds is 7. The molecule has 0 atom stereocenters. The van der Waals surface area contributed by atoms with E-state index in [1.807, 2.05) is 6.92 Å². The number of carboxylic acid groups (broad SMARTS) is 1. The summed E-state index contributed by atoms with van der Waals surface area (Å²) in [6.45, 7) is 2.71. The van der Waals surface area contributed by atoms with E-state index in [0.29, 0.717) is 12.4 Å². The van der Waals surface area contributed by atoms with Gasteiger partial charge >= 0.3 is 5.97 Å². The van der Waals surface area contributed by atoms with Gasteiger partial charge in [-0.25, -0.2) is 4.79 Å². The van der Waals surface area contributed by atoms with E-state index in [0.717, 1.165) is 12.8 Å². The van der Waals surface area contributed by atoms with Crippen LogP contribution in [-0.2, 0) is 6.54 Å². The molecule has 2 rings (SSSR count). The number of unbranched alkanes of at least 4 members (excludes halogenated alkanes) is 1. The van der Waals surface area contributed by atoms with Gasteiger partial charge in [0.2, 0.25) is 5.76 Å². The Morgan fingerprint density at radius 2 is 2.19 bits per heavy atom. The predicted octanol–water partition coefficient (Wildman–Crippen LogP) is 2.37. The molecule has 0 saturated carbocycles. The van der Waals surface area contributed by atoms with Crippen molar-refractivity contribution in [2.75, 3.05) is 6.61 Å². The minimum atomic E-state index is -1.13. The number of hydrogen-bond acceptors (Lipinski definition) is 4. The SMILES string of the molecule is CCCCOc1cccn(Cc2ccc(C(=O)O)o2)c1=O. The van der Waals surface area contributed by atoms with Crippen molar-refractivity contribution in [3.8, 4) is 5.75 Å². The minimum Gasteiger partial charge on any atom is -0.488 e. The number of carbonyl (C=O) groups is 1. The number of furan rings is 1.